The highest BCUT2D eigenvalue weighted by molar-refractivity contribution is 9.10. The van der Waals surface area contributed by atoms with Gasteiger partial charge in [0.15, 0.2) is 0 Å². The van der Waals surface area contributed by atoms with Crippen molar-refractivity contribution in [2.75, 3.05) is 17.9 Å². The summed E-state index contributed by atoms with van der Waals surface area (Å²) in [6.45, 7) is 4.97. The van der Waals surface area contributed by atoms with Crippen LogP contribution < -0.4 is 9.62 Å². The van der Waals surface area contributed by atoms with E-state index in [1.54, 1.807) is 44.2 Å². The number of carbonyl (C=O) groups is 2. The lowest BCUT2D eigenvalue weighted by Crippen LogP contribution is -2.50. The minimum Gasteiger partial charge on any atom is -0.357 e. The number of nitrogens with zero attached hydrogens (tertiary/aromatic N) is 2. The van der Waals surface area contributed by atoms with E-state index in [1.807, 2.05) is 37.3 Å². The van der Waals surface area contributed by atoms with Crippen LogP contribution in [0.5, 0.6) is 0 Å². The highest BCUT2D eigenvalue weighted by Crippen LogP contribution is 2.27. The fourth-order valence-electron chi connectivity index (χ4n) is 3.82. The van der Waals surface area contributed by atoms with Gasteiger partial charge in [-0.1, -0.05) is 64.0 Å². The van der Waals surface area contributed by atoms with E-state index in [9.17, 15) is 18.0 Å². The van der Waals surface area contributed by atoms with Gasteiger partial charge in [-0.3, -0.25) is 13.9 Å². The highest BCUT2D eigenvalue weighted by Gasteiger charge is 2.32. The first-order valence-electron chi connectivity index (χ1n) is 11.4. The lowest BCUT2D eigenvalue weighted by Gasteiger charge is -2.32. The highest BCUT2D eigenvalue weighted by atomic mass is 79.9. The van der Waals surface area contributed by atoms with E-state index < -0.39 is 28.5 Å². The second kappa shape index (κ2) is 11.7. The lowest BCUT2D eigenvalue weighted by molar-refractivity contribution is -0.139. The van der Waals surface area contributed by atoms with E-state index >= 15 is 0 Å². The second-order valence-electron chi connectivity index (χ2n) is 8.55. The molecule has 1 unspecified atom stereocenters. The fraction of sp³-hybridized carbons (Fsp3) is 0.259. The Morgan fingerprint density at radius 3 is 2.25 bits per heavy atom. The van der Waals surface area contributed by atoms with Crippen molar-refractivity contribution >= 4 is 43.5 Å². The molecule has 3 rings (SSSR count). The van der Waals surface area contributed by atoms with E-state index in [1.165, 1.54) is 24.1 Å². The number of aryl methyl sites for hydroxylation is 2. The molecule has 0 aliphatic carbocycles. The first kappa shape index (κ1) is 27.4. The molecule has 0 aromatic heterocycles. The Hall–Kier alpha value is -3.17. The molecule has 190 valence electrons. The number of hydrogen-bond donors (Lipinski definition) is 1. The molecule has 0 saturated heterocycles. The molecule has 0 fully saturated rings. The average Bonchev–Trinajstić information content (AvgIpc) is 2.85. The van der Waals surface area contributed by atoms with E-state index in [0.29, 0.717) is 11.3 Å². The van der Waals surface area contributed by atoms with Crippen LogP contribution in [-0.2, 0) is 26.2 Å². The Labute approximate surface area is 221 Å². The van der Waals surface area contributed by atoms with Crippen molar-refractivity contribution in [3.63, 3.8) is 0 Å². The van der Waals surface area contributed by atoms with Gasteiger partial charge in [0, 0.05) is 18.1 Å². The summed E-state index contributed by atoms with van der Waals surface area (Å²) in [5, 5.41) is 2.58. The Bertz CT molecular complexity index is 1340. The maximum absolute atomic E-state index is 13.8. The summed E-state index contributed by atoms with van der Waals surface area (Å²) in [4.78, 5) is 27.8. The van der Waals surface area contributed by atoms with Crippen LogP contribution in [0.1, 0.15) is 23.6 Å². The number of amides is 2. The normalized spacial score (nSPS) is 12.0. The summed E-state index contributed by atoms with van der Waals surface area (Å²) in [5.41, 5.74) is 2.84. The first-order valence-corrected chi connectivity index (χ1v) is 13.7. The molecular weight excluding hydrogens is 542 g/mol. The molecule has 0 saturated carbocycles. The molecule has 1 atom stereocenters. The van der Waals surface area contributed by atoms with Crippen LogP contribution in [-0.4, -0.2) is 44.8 Å². The number of rotatable bonds is 9. The molecule has 0 heterocycles. The summed E-state index contributed by atoms with van der Waals surface area (Å²) in [7, 11) is -2.57. The van der Waals surface area contributed by atoms with Crippen molar-refractivity contribution < 1.29 is 18.0 Å². The Morgan fingerprint density at radius 1 is 0.972 bits per heavy atom. The number of hydrogen-bond acceptors (Lipinski definition) is 4. The molecule has 0 aliphatic heterocycles. The lowest BCUT2D eigenvalue weighted by atomic mass is 10.1. The largest absolute Gasteiger partial charge is 0.357 e. The van der Waals surface area contributed by atoms with Crippen LogP contribution in [0.4, 0.5) is 5.69 Å². The fourth-order valence-corrected chi connectivity index (χ4v) is 5.74. The third-order valence-electron chi connectivity index (χ3n) is 5.93. The topological polar surface area (TPSA) is 86.8 Å². The SMILES string of the molecule is CNC(=O)C(C)N(Cc1cccc(Br)c1)C(=O)CN(c1ccccc1C)S(=O)(=O)c1ccc(C)cc1. The molecule has 0 radical (unpaired) electrons. The van der Waals surface area contributed by atoms with Gasteiger partial charge in [0.05, 0.1) is 10.6 Å². The van der Waals surface area contributed by atoms with Gasteiger partial charge < -0.3 is 10.2 Å². The van der Waals surface area contributed by atoms with E-state index in [2.05, 4.69) is 21.2 Å². The molecule has 2 amide bonds. The average molecular weight is 573 g/mol. The summed E-state index contributed by atoms with van der Waals surface area (Å²) < 4.78 is 29.5. The molecular formula is C27H30BrN3O4S. The van der Waals surface area contributed by atoms with Crippen LogP contribution in [0.2, 0.25) is 0 Å². The number of sulfonamides is 1. The van der Waals surface area contributed by atoms with Gasteiger partial charge in [0.1, 0.15) is 12.6 Å². The maximum Gasteiger partial charge on any atom is 0.264 e. The third-order valence-corrected chi connectivity index (χ3v) is 8.19. The van der Waals surface area contributed by atoms with Gasteiger partial charge in [-0.15, -0.1) is 0 Å². The van der Waals surface area contributed by atoms with Gasteiger partial charge in [-0.2, -0.15) is 0 Å². The molecule has 3 aromatic carbocycles. The molecule has 0 bridgehead atoms. The van der Waals surface area contributed by atoms with Gasteiger partial charge in [-0.25, -0.2) is 8.42 Å². The minimum atomic E-state index is -4.08. The zero-order chi connectivity index (χ0) is 26.5. The van der Waals surface area contributed by atoms with E-state index in [0.717, 1.165) is 19.9 Å². The predicted molar refractivity (Wildman–Crippen MR) is 145 cm³/mol. The Morgan fingerprint density at radius 2 is 1.64 bits per heavy atom. The van der Waals surface area contributed by atoms with Crippen LogP contribution in [0.3, 0.4) is 0 Å². The van der Waals surface area contributed by atoms with E-state index in [4.69, 9.17) is 0 Å². The van der Waals surface area contributed by atoms with Crippen LogP contribution in [0.15, 0.2) is 82.2 Å². The summed E-state index contributed by atoms with van der Waals surface area (Å²) in [5.74, 6) is -0.841. The monoisotopic (exact) mass is 571 g/mol. The second-order valence-corrected chi connectivity index (χ2v) is 11.3. The van der Waals surface area contributed by atoms with Gasteiger partial charge in [-0.05, 0) is 62.2 Å². The van der Waals surface area contributed by atoms with Crippen LogP contribution in [0.25, 0.3) is 0 Å². The van der Waals surface area contributed by atoms with Crippen molar-refractivity contribution in [2.45, 2.75) is 38.3 Å². The summed E-state index contributed by atoms with van der Waals surface area (Å²) in [6.07, 6.45) is 0. The summed E-state index contributed by atoms with van der Waals surface area (Å²) >= 11 is 3.43. The van der Waals surface area contributed by atoms with Crippen molar-refractivity contribution in [3.05, 3.63) is 94.0 Å². The number of para-hydroxylation sites is 1. The minimum absolute atomic E-state index is 0.0852. The standard InChI is InChI=1S/C27H30BrN3O4S/c1-19-12-14-24(15-13-19)36(34,35)31(25-11-6-5-8-20(25)2)18-26(32)30(21(3)27(33)29-4)17-22-9-7-10-23(28)16-22/h5-16,21H,17-18H2,1-4H3,(H,29,33). The zero-order valence-electron chi connectivity index (χ0n) is 20.7. The van der Waals surface area contributed by atoms with Crippen molar-refractivity contribution in [2.24, 2.45) is 0 Å². The number of benzene rings is 3. The predicted octanol–water partition coefficient (Wildman–Crippen LogP) is 4.42. The first-order chi connectivity index (χ1) is 17.0. The van der Waals surface area contributed by atoms with Crippen LogP contribution >= 0.6 is 15.9 Å². The number of anilines is 1. The smallest absolute Gasteiger partial charge is 0.264 e. The van der Waals surface area contributed by atoms with Crippen molar-refractivity contribution in [1.29, 1.82) is 0 Å². The van der Waals surface area contributed by atoms with Crippen molar-refractivity contribution in [1.82, 2.24) is 10.2 Å². The zero-order valence-corrected chi connectivity index (χ0v) is 23.1. The van der Waals surface area contributed by atoms with Crippen LogP contribution in [0, 0.1) is 13.8 Å². The number of likely N-dealkylation sites (N-methyl/N-ethyl adjacent to an activating group) is 1. The molecule has 36 heavy (non-hydrogen) atoms. The quantitative estimate of drug-likeness (QED) is 0.411. The molecule has 0 spiro atoms. The van der Waals surface area contributed by atoms with Crippen molar-refractivity contribution in [3.8, 4) is 0 Å². The van der Waals surface area contributed by atoms with E-state index in [-0.39, 0.29) is 17.3 Å². The maximum atomic E-state index is 13.8. The summed E-state index contributed by atoms with van der Waals surface area (Å²) in [6, 6.07) is 20.1. The Kier molecular flexibility index (Phi) is 8.92. The van der Waals surface area contributed by atoms with Gasteiger partial charge in [0.25, 0.3) is 10.0 Å². The van der Waals surface area contributed by atoms with Gasteiger partial charge >= 0.3 is 0 Å². The molecule has 7 nitrogen and oxygen atoms in total. The Balaban J connectivity index is 2.05. The third kappa shape index (κ3) is 6.33. The number of nitrogens with one attached hydrogen (secondary N) is 1. The molecule has 9 heteroatoms. The molecule has 3 aromatic rings. The molecule has 1 N–H and O–H groups in total. The molecule has 0 aliphatic rings. The number of carbonyl (C=O) groups excluding carboxylic acids is 2. The van der Waals surface area contributed by atoms with Gasteiger partial charge in [0.2, 0.25) is 11.8 Å². The number of halogens is 1.